The third kappa shape index (κ3) is 4.61. The van der Waals surface area contributed by atoms with Crippen LogP contribution in [0.1, 0.15) is 37.7 Å². The lowest BCUT2D eigenvalue weighted by Gasteiger charge is -2.32. The predicted octanol–water partition coefficient (Wildman–Crippen LogP) is 3.11. The second-order valence-corrected chi connectivity index (χ2v) is 7.10. The van der Waals surface area contributed by atoms with E-state index in [1.165, 1.54) is 38.2 Å². The van der Waals surface area contributed by atoms with Crippen LogP contribution in [0.5, 0.6) is 5.75 Å². The van der Waals surface area contributed by atoms with E-state index in [9.17, 15) is 9.90 Å². The van der Waals surface area contributed by atoms with Gasteiger partial charge >= 0.3 is 5.63 Å². The molecule has 1 aliphatic rings. The van der Waals surface area contributed by atoms with Gasteiger partial charge in [0.05, 0.1) is 0 Å². The lowest BCUT2D eigenvalue weighted by Crippen LogP contribution is -2.40. The smallest absolute Gasteiger partial charge is 0.336 e. The van der Waals surface area contributed by atoms with Crippen LogP contribution in [-0.4, -0.2) is 42.4 Å². The van der Waals surface area contributed by atoms with Gasteiger partial charge in [0.1, 0.15) is 24.0 Å². The highest BCUT2D eigenvalue weighted by Gasteiger charge is 2.20. The van der Waals surface area contributed by atoms with E-state index in [0.29, 0.717) is 23.9 Å². The van der Waals surface area contributed by atoms with Crippen molar-refractivity contribution in [3.05, 3.63) is 40.2 Å². The van der Waals surface area contributed by atoms with Crippen molar-refractivity contribution in [3.63, 3.8) is 0 Å². The quantitative estimate of drug-likeness (QED) is 0.815. The summed E-state index contributed by atoms with van der Waals surface area (Å²) in [6.07, 6.45) is 5.77. The molecule has 1 aliphatic carbocycles. The van der Waals surface area contributed by atoms with E-state index in [1.807, 2.05) is 19.1 Å². The topological polar surface area (TPSA) is 62.9 Å². The summed E-state index contributed by atoms with van der Waals surface area (Å²) in [6.45, 7) is 2.70. The van der Waals surface area contributed by atoms with Crippen molar-refractivity contribution in [2.45, 2.75) is 51.2 Å². The molecule has 136 valence electrons. The van der Waals surface area contributed by atoms with E-state index in [4.69, 9.17) is 9.15 Å². The Morgan fingerprint density at radius 1 is 1.28 bits per heavy atom. The number of aryl methyl sites for hydroxylation is 1. The summed E-state index contributed by atoms with van der Waals surface area (Å²) >= 11 is 0. The van der Waals surface area contributed by atoms with Crippen molar-refractivity contribution in [2.24, 2.45) is 0 Å². The Kier molecular flexibility index (Phi) is 5.76. The molecule has 25 heavy (non-hydrogen) atoms. The standard InChI is InChI=1S/C20H27NO4/c1-14-10-20(23)25-19-11-17(8-9-18(14)19)24-13-16(22)12-21(2)15-6-4-3-5-7-15/h8-11,15-16,22H,3-7,12-13H2,1-2H3/t16-/m1/s1. The van der Waals surface area contributed by atoms with Gasteiger partial charge < -0.3 is 19.2 Å². The highest BCUT2D eigenvalue weighted by Crippen LogP contribution is 2.23. The first-order valence-corrected chi connectivity index (χ1v) is 9.08. The average Bonchev–Trinajstić information content (AvgIpc) is 2.60. The zero-order valence-corrected chi connectivity index (χ0v) is 15.0. The fourth-order valence-electron chi connectivity index (χ4n) is 3.64. The Labute approximate surface area is 148 Å². The Morgan fingerprint density at radius 2 is 2.04 bits per heavy atom. The largest absolute Gasteiger partial charge is 0.491 e. The van der Waals surface area contributed by atoms with Crippen LogP contribution in [0.2, 0.25) is 0 Å². The minimum absolute atomic E-state index is 0.221. The molecule has 0 saturated heterocycles. The summed E-state index contributed by atoms with van der Waals surface area (Å²) < 4.78 is 10.9. The van der Waals surface area contributed by atoms with E-state index >= 15 is 0 Å². The third-order valence-electron chi connectivity index (χ3n) is 5.06. The molecule has 0 aliphatic heterocycles. The number of fused-ring (bicyclic) bond motifs is 1. The zero-order valence-electron chi connectivity index (χ0n) is 15.0. The molecule has 0 amide bonds. The summed E-state index contributed by atoms with van der Waals surface area (Å²) in [7, 11) is 2.08. The number of hydrogen-bond donors (Lipinski definition) is 1. The highest BCUT2D eigenvalue weighted by molar-refractivity contribution is 5.81. The van der Waals surface area contributed by atoms with Crippen LogP contribution in [0.4, 0.5) is 0 Å². The van der Waals surface area contributed by atoms with E-state index in [2.05, 4.69) is 11.9 Å². The second kappa shape index (κ2) is 8.02. The van der Waals surface area contributed by atoms with Gasteiger partial charge in [-0.2, -0.15) is 0 Å². The molecule has 0 unspecified atom stereocenters. The lowest BCUT2D eigenvalue weighted by molar-refractivity contribution is 0.0562. The first kappa shape index (κ1) is 18.0. The van der Waals surface area contributed by atoms with Gasteiger partial charge in [0, 0.05) is 30.1 Å². The molecule has 5 heteroatoms. The summed E-state index contributed by atoms with van der Waals surface area (Å²) in [6, 6.07) is 7.48. The van der Waals surface area contributed by atoms with Crippen LogP contribution in [0.15, 0.2) is 33.5 Å². The van der Waals surface area contributed by atoms with Crippen molar-refractivity contribution >= 4 is 11.0 Å². The molecule has 0 spiro atoms. The van der Waals surface area contributed by atoms with E-state index in [1.54, 1.807) is 6.07 Å². The maximum absolute atomic E-state index is 11.5. The van der Waals surface area contributed by atoms with Gasteiger partial charge in [0.25, 0.3) is 0 Å². The summed E-state index contributed by atoms with van der Waals surface area (Å²) in [4.78, 5) is 13.7. The van der Waals surface area contributed by atoms with Gasteiger partial charge in [-0.15, -0.1) is 0 Å². The number of aliphatic hydroxyl groups excluding tert-OH is 1. The molecule has 1 aromatic carbocycles. The lowest BCUT2D eigenvalue weighted by atomic mass is 9.94. The maximum Gasteiger partial charge on any atom is 0.336 e. The third-order valence-corrected chi connectivity index (χ3v) is 5.06. The van der Waals surface area contributed by atoms with Gasteiger partial charge in [0.15, 0.2) is 0 Å². The van der Waals surface area contributed by atoms with E-state index in [0.717, 1.165) is 10.9 Å². The molecule has 0 bridgehead atoms. The minimum atomic E-state index is -0.549. The second-order valence-electron chi connectivity index (χ2n) is 7.10. The van der Waals surface area contributed by atoms with Gasteiger partial charge in [-0.05, 0) is 44.5 Å². The number of aliphatic hydroxyl groups is 1. The van der Waals surface area contributed by atoms with Crippen LogP contribution in [-0.2, 0) is 0 Å². The average molecular weight is 345 g/mol. The molecule has 1 atom stereocenters. The van der Waals surface area contributed by atoms with Crippen molar-refractivity contribution in [2.75, 3.05) is 20.2 Å². The van der Waals surface area contributed by atoms with Gasteiger partial charge in [-0.1, -0.05) is 19.3 Å². The van der Waals surface area contributed by atoms with Crippen molar-refractivity contribution in [1.82, 2.24) is 4.90 Å². The summed E-state index contributed by atoms with van der Waals surface area (Å²) in [5, 5.41) is 11.2. The molecule has 3 rings (SSSR count). The first-order valence-electron chi connectivity index (χ1n) is 9.08. The number of benzene rings is 1. The van der Waals surface area contributed by atoms with Crippen LogP contribution < -0.4 is 10.4 Å². The van der Waals surface area contributed by atoms with Crippen molar-refractivity contribution < 1.29 is 14.3 Å². The van der Waals surface area contributed by atoms with Crippen LogP contribution >= 0.6 is 0 Å². The van der Waals surface area contributed by atoms with Crippen molar-refractivity contribution in [3.8, 4) is 5.75 Å². The Bertz CT molecular complexity index is 764. The van der Waals surface area contributed by atoms with Crippen LogP contribution in [0.25, 0.3) is 11.0 Å². The fourth-order valence-corrected chi connectivity index (χ4v) is 3.64. The number of nitrogens with zero attached hydrogens (tertiary/aromatic N) is 1. The molecular formula is C20H27NO4. The number of hydrogen-bond acceptors (Lipinski definition) is 5. The molecule has 1 saturated carbocycles. The molecule has 5 nitrogen and oxygen atoms in total. The number of likely N-dealkylation sites (N-methyl/N-ethyl adjacent to an activating group) is 1. The molecule has 1 aromatic heterocycles. The Balaban J connectivity index is 1.57. The summed E-state index contributed by atoms with van der Waals surface area (Å²) in [5.41, 5.74) is 1.03. The van der Waals surface area contributed by atoms with Crippen LogP contribution in [0, 0.1) is 6.92 Å². The highest BCUT2D eigenvalue weighted by atomic mass is 16.5. The summed E-state index contributed by atoms with van der Waals surface area (Å²) in [5.74, 6) is 0.598. The molecule has 1 fully saturated rings. The molecule has 2 aromatic rings. The Hall–Kier alpha value is -1.85. The first-order chi connectivity index (χ1) is 12.0. The van der Waals surface area contributed by atoms with Crippen molar-refractivity contribution in [1.29, 1.82) is 0 Å². The van der Waals surface area contributed by atoms with E-state index < -0.39 is 6.10 Å². The van der Waals surface area contributed by atoms with E-state index in [-0.39, 0.29) is 12.2 Å². The molecular weight excluding hydrogens is 318 g/mol. The maximum atomic E-state index is 11.5. The Morgan fingerprint density at radius 3 is 2.80 bits per heavy atom. The van der Waals surface area contributed by atoms with Gasteiger partial charge in [-0.25, -0.2) is 4.79 Å². The monoisotopic (exact) mass is 345 g/mol. The van der Waals surface area contributed by atoms with Crippen LogP contribution in [0.3, 0.4) is 0 Å². The predicted molar refractivity (Wildman–Crippen MR) is 98.2 cm³/mol. The minimum Gasteiger partial charge on any atom is -0.491 e. The molecule has 0 radical (unpaired) electrons. The van der Waals surface area contributed by atoms with Gasteiger partial charge in [0.2, 0.25) is 0 Å². The normalized spacial score (nSPS) is 17.1. The van der Waals surface area contributed by atoms with Gasteiger partial charge in [-0.3, -0.25) is 0 Å². The zero-order chi connectivity index (χ0) is 17.8. The fraction of sp³-hybridized carbons (Fsp3) is 0.550. The molecule has 1 N–H and O–H groups in total. The number of ether oxygens (including phenoxy) is 1. The SMILES string of the molecule is Cc1cc(=O)oc2cc(OC[C@H](O)CN(C)C3CCCCC3)ccc12. The molecule has 1 heterocycles. The number of rotatable bonds is 6.